The predicted molar refractivity (Wildman–Crippen MR) is 110 cm³/mol. The van der Waals surface area contributed by atoms with Crippen LogP contribution in [-0.4, -0.2) is 47.0 Å². The van der Waals surface area contributed by atoms with Crippen LogP contribution in [0.5, 0.6) is 0 Å². The molecule has 2 saturated carbocycles. The van der Waals surface area contributed by atoms with Crippen LogP contribution in [0.2, 0.25) is 0 Å². The third kappa shape index (κ3) is 3.04. The number of fused-ring (bicyclic) bond motifs is 2. The van der Waals surface area contributed by atoms with Crippen molar-refractivity contribution in [2.45, 2.75) is 63.1 Å². The molecule has 1 aromatic heterocycles. The molecule has 0 spiro atoms. The molecule has 26 heavy (non-hydrogen) atoms. The molecular weight excluding hydrogens is 340 g/mol. The molecule has 1 aromatic carbocycles. The Kier molecular flexibility index (Phi) is 4.63. The van der Waals surface area contributed by atoms with Crippen LogP contribution in [0, 0.1) is 5.92 Å². The van der Waals surface area contributed by atoms with Crippen molar-refractivity contribution in [3.05, 3.63) is 24.3 Å². The van der Waals surface area contributed by atoms with Crippen molar-refractivity contribution in [1.29, 1.82) is 0 Å². The smallest absolute Gasteiger partial charge is 0.150 e. The van der Waals surface area contributed by atoms with Gasteiger partial charge in [0.2, 0.25) is 0 Å². The van der Waals surface area contributed by atoms with E-state index < -0.39 is 0 Å². The highest BCUT2D eigenvalue weighted by molar-refractivity contribution is 7.13. The first-order valence-electron chi connectivity index (χ1n) is 10.4. The normalized spacial score (nSPS) is 32.4. The second kappa shape index (κ2) is 7.10. The highest BCUT2D eigenvalue weighted by Crippen LogP contribution is 2.40. The van der Waals surface area contributed by atoms with E-state index in [-0.39, 0.29) is 0 Å². The molecule has 4 nitrogen and oxygen atoms in total. The van der Waals surface area contributed by atoms with Crippen LogP contribution >= 0.6 is 11.5 Å². The van der Waals surface area contributed by atoms with Crippen LogP contribution in [0.4, 0.5) is 5.82 Å². The lowest BCUT2D eigenvalue weighted by molar-refractivity contribution is 0.0649. The van der Waals surface area contributed by atoms with Crippen LogP contribution in [0.1, 0.15) is 44.9 Å². The molecule has 2 N–H and O–H groups in total. The number of aromatic nitrogens is 1. The van der Waals surface area contributed by atoms with Crippen LogP contribution in [0.15, 0.2) is 24.3 Å². The fourth-order valence-corrected chi connectivity index (χ4v) is 6.05. The summed E-state index contributed by atoms with van der Waals surface area (Å²) < 4.78 is 6.14. The van der Waals surface area contributed by atoms with Gasteiger partial charge >= 0.3 is 0 Å². The molecular formula is C21H30N4S. The van der Waals surface area contributed by atoms with Gasteiger partial charge < -0.3 is 10.6 Å². The zero-order valence-corrected chi connectivity index (χ0v) is 16.3. The largest absolute Gasteiger partial charge is 0.349 e. The van der Waals surface area contributed by atoms with Crippen molar-refractivity contribution >= 4 is 27.4 Å². The molecule has 2 aromatic rings. The number of benzene rings is 1. The zero-order valence-electron chi connectivity index (χ0n) is 15.5. The molecule has 0 radical (unpaired) electrons. The Morgan fingerprint density at radius 3 is 2.62 bits per heavy atom. The molecule has 5 heteroatoms. The molecule has 3 aliphatic rings. The fourth-order valence-electron chi connectivity index (χ4n) is 5.27. The van der Waals surface area contributed by atoms with E-state index in [4.69, 9.17) is 10.1 Å². The Balaban J connectivity index is 1.23. The molecule has 3 fully saturated rings. The zero-order chi connectivity index (χ0) is 17.5. The lowest BCUT2D eigenvalue weighted by Crippen LogP contribution is -2.65. The molecule has 2 atom stereocenters. The number of rotatable bonds is 4. The quantitative estimate of drug-likeness (QED) is 0.888. The topological polar surface area (TPSA) is 45.4 Å². The van der Waals surface area contributed by atoms with Gasteiger partial charge in [0.1, 0.15) is 0 Å². The first-order valence-corrected chi connectivity index (χ1v) is 11.2. The summed E-state index contributed by atoms with van der Waals surface area (Å²) in [7, 11) is 0. The van der Waals surface area contributed by atoms with E-state index in [9.17, 15) is 0 Å². The SMILES string of the molecule is N[C@H]1CC[C@H](CCN2CCN(c3nsc4ccccc34)C3CCC32)CC1. The van der Waals surface area contributed by atoms with Crippen LogP contribution < -0.4 is 10.6 Å². The minimum absolute atomic E-state index is 0.471. The average molecular weight is 371 g/mol. The minimum Gasteiger partial charge on any atom is -0.349 e. The van der Waals surface area contributed by atoms with Gasteiger partial charge in [-0.25, -0.2) is 0 Å². The van der Waals surface area contributed by atoms with Crippen LogP contribution in [0.3, 0.4) is 0 Å². The summed E-state index contributed by atoms with van der Waals surface area (Å²) in [5.41, 5.74) is 6.07. The number of hydrogen-bond donors (Lipinski definition) is 1. The Morgan fingerprint density at radius 2 is 1.81 bits per heavy atom. The van der Waals surface area contributed by atoms with Crippen molar-refractivity contribution in [1.82, 2.24) is 9.27 Å². The van der Waals surface area contributed by atoms with Gasteiger partial charge in [0.15, 0.2) is 5.82 Å². The second-order valence-corrected chi connectivity index (χ2v) is 9.32. The average Bonchev–Trinajstić information content (AvgIpc) is 3.06. The number of anilines is 1. The maximum Gasteiger partial charge on any atom is 0.150 e. The molecule has 2 unspecified atom stereocenters. The summed E-state index contributed by atoms with van der Waals surface area (Å²) in [5, 5.41) is 1.34. The van der Waals surface area contributed by atoms with Crippen molar-refractivity contribution < 1.29 is 0 Å². The van der Waals surface area contributed by atoms with Crippen LogP contribution in [0.25, 0.3) is 10.1 Å². The third-order valence-electron chi connectivity index (χ3n) is 7.05. The Morgan fingerprint density at radius 1 is 1.00 bits per heavy atom. The van der Waals surface area contributed by atoms with E-state index in [1.54, 1.807) is 11.5 Å². The third-order valence-corrected chi connectivity index (χ3v) is 7.86. The van der Waals surface area contributed by atoms with Gasteiger partial charge in [0.25, 0.3) is 0 Å². The van der Waals surface area contributed by atoms with Crippen molar-refractivity contribution in [2.24, 2.45) is 11.7 Å². The number of nitrogens with zero attached hydrogens (tertiary/aromatic N) is 3. The monoisotopic (exact) mass is 370 g/mol. The first kappa shape index (κ1) is 17.0. The summed E-state index contributed by atoms with van der Waals surface area (Å²) in [6, 6.07) is 10.6. The highest BCUT2D eigenvalue weighted by atomic mass is 32.1. The summed E-state index contributed by atoms with van der Waals surface area (Å²) in [5.74, 6) is 2.15. The summed E-state index contributed by atoms with van der Waals surface area (Å²) in [4.78, 5) is 5.40. The van der Waals surface area contributed by atoms with Crippen molar-refractivity contribution in [2.75, 3.05) is 24.5 Å². The van der Waals surface area contributed by atoms with Gasteiger partial charge in [-0.05, 0) is 81.1 Å². The van der Waals surface area contributed by atoms with E-state index in [2.05, 4.69) is 34.1 Å². The predicted octanol–water partition coefficient (Wildman–Crippen LogP) is 3.86. The fraction of sp³-hybridized carbons (Fsp3) is 0.667. The van der Waals surface area contributed by atoms with E-state index in [1.165, 1.54) is 73.9 Å². The summed E-state index contributed by atoms with van der Waals surface area (Å²) >= 11 is 1.65. The van der Waals surface area contributed by atoms with Gasteiger partial charge in [-0.1, -0.05) is 12.1 Å². The number of piperazine rings is 1. The van der Waals surface area contributed by atoms with E-state index >= 15 is 0 Å². The maximum absolute atomic E-state index is 6.07. The van der Waals surface area contributed by atoms with Gasteiger partial charge in [-0.2, -0.15) is 4.37 Å². The second-order valence-electron chi connectivity index (χ2n) is 8.51. The van der Waals surface area contributed by atoms with Gasteiger partial charge in [-0.3, -0.25) is 4.90 Å². The molecule has 140 valence electrons. The first-order chi connectivity index (χ1) is 12.8. The van der Waals surface area contributed by atoms with Crippen molar-refractivity contribution in [3.63, 3.8) is 0 Å². The van der Waals surface area contributed by atoms with E-state index in [0.717, 1.165) is 18.5 Å². The van der Waals surface area contributed by atoms with E-state index in [1.807, 2.05) is 0 Å². The lowest BCUT2D eigenvalue weighted by atomic mass is 9.80. The molecule has 1 saturated heterocycles. The Bertz CT molecular complexity index is 751. The molecule has 2 heterocycles. The van der Waals surface area contributed by atoms with E-state index in [0.29, 0.717) is 12.1 Å². The number of hydrogen-bond acceptors (Lipinski definition) is 5. The van der Waals surface area contributed by atoms with Crippen molar-refractivity contribution in [3.8, 4) is 0 Å². The standard InChI is InChI=1S/C21H30N4S/c22-16-7-5-15(6-8-16)11-12-24-13-14-25(19-10-9-18(19)24)21-17-3-1-2-4-20(17)26-23-21/h1-4,15-16,18-19H,5-14,22H2/t15-,16-,18?,19?. The van der Waals surface area contributed by atoms with Crippen LogP contribution in [-0.2, 0) is 0 Å². The summed E-state index contributed by atoms with van der Waals surface area (Å²) in [6.45, 7) is 3.61. The molecule has 0 amide bonds. The molecule has 1 aliphatic heterocycles. The number of nitrogens with two attached hydrogens (primary N) is 1. The Labute approximate surface area is 160 Å². The Hall–Kier alpha value is -1.17. The minimum atomic E-state index is 0.471. The van der Waals surface area contributed by atoms with Gasteiger partial charge in [0, 0.05) is 36.6 Å². The van der Waals surface area contributed by atoms with Gasteiger partial charge in [-0.15, -0.1) is 0 Å². The molecule has 0 bridgehead atoms. The highest BCUT2D eigenvalue weighted by Gasteiger charge is 2.43. The maximum atomic E-state index is 6.07. The molecule has 5 rings (SSSR count). The summed E-state index contributed by atoms with van der Waals surface area (Å²) in [6.07, 6.45) is 9.22. The molecule has 2 aliphatic carbocycles. The van der Waals surface area contributed by atoms with Gasteiger partial charge in [0.05, 0.1) is 4.70 Å². The lowest BCUT2D eigenvalue weighted by Gasteiger charge is -2.54.